The molecule has 0 saturated heterocycles. The van der Waals surface area contributed by atoms with Crippen LogP contribution in [0.5, 0.6) is 0 Å². The van der Waals surface area contributed by atoms with Crippen molar-refractivity contribution in [3.05, 3.63) is 29.6 Å². The Bertz CT molecular complexity index is 363. The second-order valence-corrected chi connectivity index (χ2v) is 4.89. The largest absolute Gasteiger partial charge is 0.372 e. The number of anilines is 1. The first-order chi connectivity index (χ1) is 7.95. The third-order valence-electron chi connectivity index (χ3n) is 3.19. The molecule has 3 heteroatoms. The first-order valence-electron chi connectivity index (χ1n) is 6.21. The van der Waals surface area contributed by atoms with E-state index in [1.165, 1.54) is 6.07 Å². The Kier molecular flexibility index (Phi) is 4.94. The zero-order valence-corrected chi connectivity index (χ0v) is 11.2. The molecule has 0 fully saturated rings. The van der Waals surface area contributed by atoms with Crippen molar-refractivity contribution in [3.8, 4) is 0 Å². The Morgan fingerprint density at radius 3 is 2.47 bits per heavy atom. The molecule has 0 aliphatic carbocycles. The Hall–Kier alpha value is -1.09. The van der Waals surface area contributed by atoms with Crippen LogP contribution in [0.4, 0.5) is 10.1 Å². The summed E-state index contributed by atoms with van der Waals surface area (Å²) in [6.45, 7) is 7.04. The van der Waals surface area contributed by atoms with E-state index in [9.17, 15) is 4.39 Å². The highest BCUT2D eigenvalue weighted by Crippen LogP contribution is 2.22. The highest BCUT2D eigenvalue weighted by atomic mass is 19.1. The van der Waals surface area contributed by atoms with E-state index in [-0.39, 0.29) is 11.9 Å². The highest BCUT2D eigenvalue weighted by molar-refractivity contribution is 5.48. The first-order valence-corrected chi connectivity index (χ1v) is 6.21. The van der Waals surface area contributed by atoms with Gasteiger partial charge in [0.1, 0.15) is 5.82 Å². The van der Waals surface area contributed by atoms with Gasteiger partial charge in [0.25, 0.3) is 0 Å². The SMILES string of the molecule is CCC(C)CN(C)c1ccc([C@@H](C)N)cc1F. The average molecular weight is 238 g/mol. The maximum atomic E-state index is 13.9. The molecule has 0 aliphatic rings. The van der Waals surface area contributed by atoms with Crippen LogP contribution in [0.25, 0.3) is 0 Å². The maximum Gasteiger partial charge on any atom is 0.146 e. The van der Waals surface area contributed by atoms with Crippen LogP contribution in [-0.4, -0.2) is 13.6 Å². The predicted octanol–water partition coefficient (Wildman–Crippen LogP) is 3.33. The molecule has 0 bridgehead atoms. The first kappa shape index (κ1) is 14.0. The minimum Gasteiger partial charge on any atom is -0.372 e. The molecular formula is C14H23FN2. The number of nitrogens with zero attached hydrogens (tertiary/aromatic N) is 1. The Balaban J connectivity index is 2.84. The Morgan fingerprint density at radius 2 is 2.00 bits per heavy atom. The van der Waals surface area contributed by atoms with Gasteiger partial charge >= 0.3 is 0 Å². The smallest absolute Gasteiger partial charge is 0.146 e. The predicted molar refractivity (Wildman–Crippen MR) is 71.7 cm³/mol. The summed E-state index contributed by atoms with van der Waals surface area (Å²) in [5.74, 6) is 0.373. The van der Waals surface area contributed by atoms with E-state index in [4.69, 9.17) is 5.73 Å². The van der Waals surface area contributed by atoms with Gasteiger partial charge in [-0.15, -0.1) is 0 Å². The minimum absolute atomic E-state index is 0.126. The van der Waals surface area contributed by atoms with Crippen LogP contribution in [0.15, 0.2) is 18.2 Å². The number of benzene rings is 1. The van der Waals surface area contributed by atoms with Crippen LogP contribution in [0.1, 0.15) is 38.8 Å². The van der Waals surface area contributed by atoms with Crippen LogP contribution in [0.2, 0.25) is 0 Å². The second kappa shape index (κ2) is 6.01. The number of hydrogen-bond donors (Lipinski definition) is 1. The van der Waals surface area contributed by atoms with Gasteiger partial charge < -0.3 is 10.6 Å². The lowest BCUT2D eigenvalue weighted by Gasteiger charge is -2.23. The van der Waals surface area contributed by atoms with Crippen molar-refractivity contribution >= 4 is 5.69 Å². The lowest BCUT2D eigenvalue weighted by Crippen LogP contribution is -2.24. The molecule has 0 heterocycles. The van der Waals surface area contributed by atoms with E-state index in [1.807, 2.05) is 31.0 Å². The van der Waals surface area contributed by atoms with Gasteiger partial charge in [-0.25, -0.2) is 4.39 Å². The number of nitrogens with two attached hydrogens (primary N) is 1. The van der Waals surface area contributed by atoms with Gasteiger partial charge in [0.05, 0.1) is 5.69 Å². The van der Waals surface area contributed by atoms with Gasteiger partial charge in [0, 0.05) is 19.6 Å². The van der Waals surface area contributed by atoms with Gasteiger partial charge in [-0.05, 0) is 30.5 Å². The quantitative estimate of drug-likeness (QED) is 0.852. The average Bonchev–Trinajstić information content (AvgIpc) is 2.28. The fourth-order valence-electron chi connectivity index (χ4n) is 1.81. The summed E-state index contributed by atoms with van der Waals surface area (Å²) in [4.78, 5) is 1.97. The molecule has 0 aromatic heterocycles. The molecular weight excluding hydrogens is 215 g/mol. The lowest BCUT2D eigenvalue weighted by atomic mass is 10.1. The number of halogens is 1. The van der Waals surface area contributed by atoms with Gasteiger partial charge in [-0.1, -0.05) is 26.3 Å². The molecule has 2 N–H and O–H groups in total. The third-order valence-corrected chi connectivity index (χ3v) is 3.19. The van der Waals surface area contributed by atoms with E-state index in [2.05, 4.69) is 13.8 Å². The van der Waals surface area contributed by atoms with Crippen molar-refractivity contribution in [3.63, 3.8) is 0 Å². The summed E-state index contributed by atoms with van der Waals surface area (Å²) in [6, 6.07) is 5.12. The third kappa shape index (κ3) is 3.70. The second-order valence-electron chi connectivity index (χ2n) is 4.89. The van der Waals surface area contributed by atoms with Crippen LogP contribution in [0, 0.1) is 11.7 Å². The van der Waals surface area contributed by atoms with Gasteiger partial charge in [-0.3, -0.25) is 0 Å². The van der Waals surface area contributed by atoms with Crippen molar-refractivity contribution in [2.75, 3.05) is 18.5 Å². The maximum absolute atomic E-state index is 13.9. The van der Waals surface area contributed by atoms with Crippen molar-refractivity contribution in [1.29, 1.82) is 0 Å². The Labute approximate surface area is 104 Å². The molecule has 96 valence electrons. The van der Waals surface area contributed by atoms with Crippen molar-refractivity contribution in [2.24, 2.45) is 11.7 Å². The molecule has 0 amide bonds. The van der Waals surface area contributed by atoms with Gasteiger partial charge in [0.15, 0.2) is 0 Å². The number of rotatable bonds is 5. The monoisotopic (exact) mass is 238 g/mol. The van der Waals surface area contributed by atoms with Crippen molar-refractivity contribution in [2.45, 2.75) is 33.2 Å². The fourth-order valence-corrected chi connectivity index (χ4v) is 1.81. The fraction of sp³-hybridized carbons (Fsp3) is 0.571. The zero-order chi connectivity index (χ0) is 13.0. The standard InChI is InChI=1S/C14H23FN2/c1-5-10(2)9-17(4)14-7-6-12(11(3)16)8-13(14)15/h6-8,10-11H,5,9,16H2,1-4H3/t10?,11-/m1/s1. The van der Waals surface area contributed by atoms with E-state index >= 15 is 0 Å². The van der Waals surface area contributed by atoms with E-state index in [0.717, 1.165) is 18.5 Å². The summed E-state index contributed by atoms with van der Waals surface area (Å²) in [5.41, 5.74) is 7.21. The molecule has 2 nitrogen and oxygen atoms in total. The molecule has 1 aromatic carbocycles. The van der Waals surface area contributed by atoms with E-state index in [0.29, 0.717) is 11.6 Å². The van der Waals surface area contributed by atoms with Crippen LogP contribution < -0.4 is 10.6 Å². The molecule has 0 aliphatic heterocycles. The van der Waals surface area contributed by atoms with E-state index < -0.39 is 0 Å². The summed E-state index contributed by atoms with van der Waals surface area (Å²) in [5, 5.41) is 0. The highest BCUT2D eigenvalue weighted by Gasteiger charge is 2.11. The normalized spacial score (nSPS) is 14.5. The summed E-state index contributed by atoms with van der Waals surface area (Å²) in [6.07, 6.45) is 1.10. The summed E-state index contributed by atoms with van der Waals surface area (Å²) < 4.78 is 13.9. The molecule has 1 aromatic rings. The van der Waals surface area contributed by atoms with Crippen molar-refractivity contribution < 1.29 is 4.39 Å². The number of hydrogen-bond acceptors (Lipinski definition) is 2. The van der Waals surface area contributed by atoms with Crippen molar-refractivity contribution in [1.82, 2.24) is 0 Å². The van der Waals surface area contributed by atoms with Crippen LogP contribution in [0.3, 0.4) is 0 Å². The van der Waals surface area contributed by atoms with Crippen LogP contribution in [-0.2, 0) is 0 Å². The molecule has 1 unspecified atom stereocenters. The lowest BCUT2D eigenvalue weighted by molar-refractivity contribution is 0.549. The van der Waals surface area contributed by atoms with E-state index in [1.54, 1.807) is 0 Å². The molecule has 1 rings (SSSR count). The zero-order valence-electron chi connectivity index (χ0n) is 11.2. The Morgan fingerprint density at radius 1 is 1.35 bits per heavy atom. The summed E-state index contributed by atoms with van der Waals surface area (Å²) >= 11 is 0. The molecule has 0 radical (unpaired) electrons. The molecule has 0 saturated carbocycles. The molecule has 2 atom stereocenters. The minimum atomic E-state index is -0.189. The molecule has 0 spiro atoms. The summed E-state index contributed by atoms with van der Waals surface area (Å²) in [7, 11) is 1.93. The van der Waals surface area contributed by atoms with Crippen LogP contribution >= 0.6 is 0 Å². The van der Waals surface area contributed by atoms with Gasteiger partial charge in [0.2, 0.25) is 0 Å². The van der Waals surface area contributed by atoms with Gasteiger partial charge in [-0.2, -0.15) is 0 Å². The topological polar surface area (TPSA) is 29.3 Å². The molecule has 17 heavy (non-hydrogen) atoms.